The Morgan fingerprint density at radius 1 is 1.38 bits per heavy atom. The molecule has 1 amide bonds. The highest BCUT2D eigenvalue weighted by Crippen LogP contribution is 2.39. The van der Waals surface area contributed by atoms with Crippen molar-refractivity contribution in [1.82, 2.24) is 4.90 Å². The van der Waals surface area contributed by atoms with E-state index in [1.54, 1.807) is 19.0 Å². The zero-order chi connectivity index (χ0) is 10.1. The molecule has 0 aliphatic heterocycles. The molecule has 13 heavy (non-hydrogen) atoms. The lowest BCUT2D eigenvalue weighted by Crippen LogP contribution is -2.46. The molecule has 0 saturated heterocycles. The van der Waals surface area contributed by atoms with Crippen LogP contribution in [0.3, 0.4) is 0 Å². The molecule has 74 valence electrons. The van der Waals surface area contributed by atoms with Gasteiger partial charge >= 0.3 is 0 Å². The van der Waals surface area contributed by atoms with Crippen LogP contribution >= 0.6 is 12.2 Å². The Hall–Kier alpha value is -0.640. The Bertz CT molecular complexity index is 232. The number of carbonyl (C=O) groups excluding carboxylic acids is 1. The molecule has 1 rings (SSSR count). The Morgan fingerprint density at radius 2 is 1.85 bits per heavy atom. The molecule has 1 aliphatic rings. The van der Waals surface area contributed by atoms with Crippen molar-refractivity contribution in [1.29, 1.82) is 0 Å². The van der Waals surface area contributed by atoms with Crippen LogP contribution < -0.4 is 5.73 Å². The van der Waals surface area contributed by atoms with Gasteiger partial charge in [0.15, 0.2) is 0 Å². The van der Waals surface area contributed by atoms with Gasteiger partial charge < -0.3 is 10.6 Å². The number of hydrogen-bond donors (Lipinski definition) is 1. The number of nitrogens with zero attached hydrogens (tertiary/aromatic N) is 1. The standard InChI is InChI=1S/C9H16N2OS/c1-11(2)8(12)9(7(10)13)5-3-4-6-9/h3-6H2,1-2H3,(H2,10,13). The first-order valence-electron chi connectivity index (χ1n) is 4.52. The van der Waals surface area contributed by atoms with Crippen LogP contribution in [-0.4, -0.2) is 29.9 Å². The zero-order valence-corrected chi connectivity index (χ0v) is 8.99. The average Bonchev–Trinajstić information content (AvgIpc) is 2.51. The van der Waals surface area contributed by atoms with Gasteiger partial charge in [-0.1, -0.05) is 25.1 Å². The highest BCUT2D eigenvalue weighted by Gasteiger charge is 2.44. The van der Waals surface area contributed by atoms with Crippen LogP contribution in [0, 0.1) is 5.41 Å². The van der Waals surface area contributed by atoms with E-state index < -0.39 is 5.41 Å². The minimum Gasteiger partial charge on any atom is -0.392 e. The number of nitrogens with two attached hydrogens (primary N) is 1. The van der Waals surface area contributed by atoms with E-state index in [2.05, 4.69) is 0 Å². The van der Waals surface area contributed by atoms with Crippen molar-refractivity contribution in [2.45, 2.75) is 25.7 Å². The Balaban J connectivity index is 2.91. The van der Waals surface area contributed by atoms with E-state index in [1.165, 1.54) is 0 Å². The summed E-state index contributed by atoms with van der Waals surface area (Å²) in [5.41, 5.74) is 5.13. The molecule has 0 unspecified atom stereocenters. The minimum atomic E-state index is -0.529. The molecule has 0 bridgehead atoms. The molecule has 0 aromatic carbocycles. The van der Waals surface area contributed by atoms with Crippen molar-refractivity contribution in [2.75, 3.05) is 14.1 Å². The largest absolute Gasteiger partial charge is 0.392 e. The van der Waals surface area contributed by atoms with Gasteiger partial charge in [-0.05, 0) is 12.8 Å². The smallest absolute Gasteiger partial charge is 0.235 e. The summed E-state index contributed by atoms with van der Waals surface area (Å²) < 4.78 is 0. The van der Waals surface area contributed by atoms with Crippen molar-refractivity contribution in [3.63, 3.8) is 0 Å². The van der Waals surface area contributed by atoms with E-state index in [1.807, 2.05) is 0 Å². The maximum atomic E-state index is 11.9. The molecule has 1 saturated carbocycles. The molecule has 0 spiro atoms. The van der Waals surface area contributed by atoms with Gasteiger partial charge in [-0.25, -0.2) is 0 Å². The summed E-state index contributed by atoms with van der Waals surface area (Å²) in [6.07, 6.45) is 3.74. The highest BCUT2D eigenvalue weighted by atomic mass is 32.1. The molecule has 1 fully saturated rings. The van der Waals surface area contributed by atoms with Crippen LogP contribution in [0.5, 0.6) is 0 Å². The molecular weight excluding hydrogens is 184 g/mol. The van der Waals surface area contributed by atoms with Crippen LogP contribution in [0.25, 0.3) is 0 Å². The fourth-order valence-corrected chi connectivity index (χ4v) is 2.26. The quantitative estimate of drug-likeness (QED) is 0.674. The van der Waals surface area contributed by atoms with E-state index in [4.69, 9.17) is 18.0 Å². The van der Waals surface area contributed by atoms with Crippen molar-refractivity contribution >= 4 is 23.1 Å². The van der Waals surface area contributed by atoms with Crippen molar-refractivity contribution < 1.29 is 4.79 Å². The lowest BCUT2D eigenvalue weighted by molar-refractivity contribution is -0.135. The van der Waals surface area contributed by atoms with Crippen LogP contribution in [0.15, 0.2) is 0 Å². The SMILES string of the molecule is CN(C)C(=O)C1(C(N)=S)CCCC1. The fraction of sp³-hybridized carbons (Fsp3) is 0.778. The summed E-state index contributed by atoms with van der Waals surface area (Å²) in [5.74, 6) is 0.0671. The Labute approximate surface area is 84.3 Å². The summed E-state index contributed by atoms with van der Waals surface area (Å²) in [7, 11) is 3.50. The second kappa shape index (κ2) is 3.62. The third-order valence-corrected chi connectivity index (χ3v) is 3.14. The topological polar surface area (TPSA) is 46.3 Å². The van der Waals surface area contributed by atoms with Gasteiger partial charge in [-0.3, -0.25) is 4.79 Å². The van der Waals surface area contributed by atoms with Crippen LogP contribution in [0.4, 0.5) is 0 Å². The first kappa shape index (κ1) is 10.4. The van der Waals surface area contributed by atoms with Crippen LogP contribution in [0.1, 0.15) is 25.7 Å². The number of rotatable bonds is 2. The van der Waals surface area contributed by atoms with Crippen molar-refractivity contribution in [3.05, 3.63) is 0 Å². The van der Waals surface area contributed by atoms with Gasteiger partial charge in [0.1, 0.15) is 0 Å². The molecule has 4 heteroatoms. The minimum absolute atomic E-state index is 0.0671. The number of thiocarbonyl (C=S) groups is 1. The first-order valence-corrected chi connectivity index (χ1v) is 4.93. The van der Waals surface area contributed by atoms with Crippen LogP contribution in [-0.2, 0) is 4.79 Å². The van der Waals surface area contributed by atoms with E-state index in [9.17, 15) is 4.79 Å². The van der Waals surface area contributed by atoms with E-state index in [0.717, 1.165) is 25.7 Å². The molecule has 1 aliphatic carbocycles. The number of hydrogen-bond acceptors (Lipinski definition) is 2. The lowest BCUT2D eigenvalue weighted by atomic mass is 9.84. The van der Waals surface area contributed by atoms with Gasteiger partial charge in [0.05, 0.1) is 10.4 Å². The van der Waals surface area contributed by atoms with Crippen molar-refractivity contribution in [2.24, 2.45) is 11.1 Å². The molecule has 0 atom stereocenters. The predicted molar refractivity (Wildman–Crippen MR) is 56.4 cm³/mol. The predicted octanol–water partition coefficient (Wildman–Crippen LogP) is 0.921. The second-order valence-electron chi connectivity index (χ2n) is 3.85. The summed E-state index contributed by atoms with van der Waals surface area (Å²) in [4.78, 5) is 13.8. The van der Waals surface area contributed by atoms with Gasteiger partial charge in [0, 0.05) is 14.1 Å². The monoisotopic (exact) mass is 200 g/mol. The molecule has 0 radical (unpaired) electrons. The summed E-state index contributed by atoms with van der Waals surface area (Å²) >= 11 is 4.99. The number of amides is 1. The maximum absolute atomic E-state index is 11.9. The summed E-state index contributed by atoms with van der Waals surface area (Å²) in [6, 6.07) is 0. The summed E-state index contributed by atoms with van der Waals surface area (Å²) in [5, 5.41) is 0. The average molecular weight is 200 g/mol. The van der Waals surface area contributed by atoms with Gasteiger partial charge in [-0.2, -0.15) is 0 Å². The molecule has 0 aromatic heterocycles. The highest BCUT2D eigenvalue weighted by molar-refractivity contribution is 7.80. The van der Waals surface area contributed by atoms with Gasteiger partial charge in [0.25, 0.3) is 0 Å². The molecule has 3 nitrogen and oxygen atoms in total. The number of carbonyl (C=O) groups is 1. The zero-order valence-electron chi connectivity index (χ0n) is 8.17. The molecule has 0 aromatic rings. The molecular formula is C9H16N2OS. The summed E-state index contributed by atoms with van der Waals surface area (Å²) in [6.45, 7) is 0. The van der Waals surface area contributed by atoms with E-state index in [-0.39, 0.29) is 5.91 Å². The molecule has 0 heterocycles. The van der Waals surface area contributed by atoms with Crippen LogP contribution in [0.2, 0.25) is 0 Å². The van der Waals surface area contributed by atoms with E-state index in [0.29, 0.717) is 4.99 Å². The molecule has 2 N–H and O–H groups in total. The normalized spacial score (nSPS) is 19.8. The van der Waals surface area contributed by atoms with Gasteiger partial charge in [-0.15, -0.1) is 0 Å². The Kier molecular flexibility index (Phi) is 2.91. The second-order valence-corrected chi connectivity index (χ2v) is 4.29. The van der Waals surface area contributed by atoms with Crippen molar-refractivity contribution in [3.8, 4) is 0 Å². The maximum Gasteiger partial charge on any atom is 0.235 e. The third kappa shape index (κ3) is 1.68. The fourth-order valence-electron chi connectivity index (χ4n) is 1.97. The van der Waals surface area contributed by atoms with Gasteiger partial charge in [0.2, 0.25) is 5.91 Å². The Morgan fingerprint density at radius 3 is 2.15 bits per heavy atom. The van der Waals surface area contributed by atoms with E-state index >= 15 is 0 Å². The first-order chi connectivity index (χ1) is 6.00. The third-order valence-electron chi connectivity index (χ3n) is 2.74. The lowest BCUT2D eigenvalue weighted by Gasteiger charge is -2.29.